The van der Waals surface area contributed by atoms with Crippen LogP contribution in [0.25, 0.3) is 10.9 Å². The highest BCUT2D eigenvalue weighted by Crippen LogP contribution is 2.20. The van der Waals surface area contributed by atoms with Crippen LogP contribution in [-0.4, -0.2) is 36.7 Å². The van der Waals surface area contributed by atoms with E-state index in [0.717, 1.165) is 29.7 Å². The molecule has 1 saturated heterocycles. The molecule has 2 aromatic rings. The second kappa shape index (κ2) is 6.47. The maximum atomic E-state index is 11.9. The van der Waals surface area contributed by atoms with Gasteiger partial charge in [-0.2, -0.15) is 0 Å². The summed E-state index contributed by atoms with van der Waals surface area (Å²) in [6, 6.07) is 7.68. The monoisotopic (exact) mass is 307 g/mol. The average Bonchev–Trinajstić information content (AvgIpc) is 2.88. The second-order valence-electron chi connectivity index (χ2n) is 5.20. The van der Waals surface area contributed by atoms with Gasteiger partial charge in [-0.3, -0.25) is 4.79 Å². The molecular weight excluding hydrogens is 290 g/mol. The van der Waals surface area contributed by atoms with Gasteiger partial charge in [0.1, 0.15) is 0 Å². The predicted octanol–water partition coefficient (Wildman–Crippen LogP) is 1.82. The number of fused-ring (bicyclic) bond motifs is 1. The topological polar surface area (TPSA) is 66.2 Å². The van der Waals surface area contributed by atoms with Crippen molar-refractivity contribution in [3.8, 4) is 0 Å². The van der Waals surface area contributed by atoms with Crippen LogP contribution in [0.5, 0.6) is 0 Å². The van der Waals surface area contributed by atoms with E-state index in [1.54, 1.807) is 0 Å². The smallest absolute Gasteiger partial charge is 0.222 e. The molecule has 5 nitrogen and oxygen atoms in total. The van der Waals surface area contributed by atoms with Gasteiger partial charge in [0.05, 0.1) is 25.7 Å². The van der Waals surface area contributed by atoms with Crippen LogP contribution in [0.1, 0.15) is 12.1 Å². The number of hydrogen-bond acceptors (Lipinski definition) is 3. The SMILES string of the molecule is O=C(C[C@H]1CNCCO1)NCc1cc2cc(Cl)ccc2[nH]1. The van der Waals surface area contributed by atoms with E-state index in [2.05, 4.69) is 15.6 Å². The zero-order chi connectivity index (χ0) is 14.7. The molecule has 1 aromatic carbocycles. The molecule has 0 spiro atoms. The molecule has 1 atom stereocenters. The lowest BCUT2D eigenvalue weighted by Gasteiger charge is -2.22. The molecule has 0 bridgehead atoms. The van der Waals surface area contributed by atoms with Gasteiger partial charge in [-0.1, -0.05) is 11.6 Å². The Morgan fingerprint density at radius 3 is 3.14 bits per heavy atom. The number of ether oxygens (including phenoxy) is 1. The molecular formula is C15H18ClN3O2. The number of benzene rings is 1. The van der Waals surface area contributed by atoms with Crippen molar-refractivity contribution >= 4 is 28.4 Å². The van der Waals surface area contributed by atoms with Gasteiger partial charge in [0, 0.05) is 34.7 Å². The minimum atomic E-state index is -0.0275. The van der Waals surface area contributed by atoms with Crippen molar-refractivity contribution in [3.05, 3.63) is 35.0 Å². The third-order valence-corrected chi connectivity index (χ3v) is 3.77. The normalized spacial score (nSPS) is 18.8. The van der Waals surface area contributed by atoms with Crippen molar-refractivity contribution in [3.63, 3.8) is 0 Å². The maximum Gasteiger partial charge on any atom is 0.222 e. The summed E-state index contributed by atoms with van der Waals surface area (Å²) in [5.74, 6) is 0.000360. The van der Waals surface area contributed by atoms with E-state index < -0.39 is 0 Å². The van der Waals surface area contributed by atoms with Crippen LogP contribution in [0.4, 0.5) is 0 Å². The second-order valence-corrected chi connectivity index (χ2v) is 5.64. The summed E-state index contributed by atoms with van der Waals surface area (Å²) < 4.78 is 5.52. The fourth-order valence-electron chi connectivity index (χ4n) is 2.48. The lowest BCUT2D eigenvalue weighted by atomic mass is 10.2. The van der Waals surface area contributed by atoms with Crippen molar-refractivity contribution in [2.24, 2.45) is 0 Å². The van der Waals surface area contributed by atoms with E-state index in [1.807, 2.05) is 24.3 Å². The first kappa shape index (κ1) is 14.4. The van der Waals surface area contributed by atoms with Crippen molar-refractivity contribution in [2.75, 3.05) is 19.7 Å². The molecule has 112 valence electrons. The number of aromatic nitrogens is 1. The maximum absolute atomic E-state index is 11.9. The Morgan fingerprint density at radius 1 is 1.43 bits per heavy atom. The highest BCUT2D eigenvalue weighted by molar-refractivity contribution is 6.31. The van der Waals surface area contributed by atoms with E-state index in [-0.39, 0.29) is 12.0 Å². The standard InChI is InChI=1S/C15H18ClN3O2/c16-11-1-2-14-10(5-11)6-12(19-14)8-18-15(20)7-13-9-17-3-4-21-13/h1-2,5-6,13,17,19H,3-4,7-9H2,(H,18,20)/t13-/m0/s1. The molecule has 0 radical (unpaired) electrons. The summed E-state index contributed by atoms with van der Waals surface area (Å²) in [7, 11) is 0. The van der Waals surface area contributed by atoms with Crippen LogP contribution >= 0.6 is 11.6 Å². The Hall–Kier alpha value is -1.56. The Kier molecular flexibility index (Phi) is 4.43. The molecule has 1 aromatic heterocycles. The lowest BCUT2D eigenvalue weighted by Crippen LogP contribution is -2.41. The minimum absolute atomic E-state index is 0.000360. The highest BCUT2D eigenvalue weighted by atomic mass is 35.5. The zero-order valence-corrected chi connectivity index (χ0v) is 12.4. The van der Waals surface area contributed by atoms with Gasteiger partial charge in [-0.15, -0.1) is 0 Å². The van der Waals surface area contributed by atoms with Crippen LogP contribution in [0.3, 0.4) is 0 Å². The molecule has 0 aliphatic carbocycles. The molecule has 3 rings (SSSR count). The van der Waals surface area contributed by atoms with Gasteiger partial charge in [0.2, 0.25) is 5.91 Å². The number of carbonyl (C=O) groups excluding carboxylic acids is 1. The molecule has 1 aliphatic rings. The van der Waals surface area contributed by atoms with Gasteiger partial charge in [0.15, 0.2) is 0 Å². The third-order valence-electron chi connectivity index (χ3n) is 3.53. The zero-order valence-electron chi connectivity index (χ0n) is 11.6. The molecule has 1 aliphatic heterocycles. The summed E-state index contributed by atoms with van der Waals surface area (Å²) in [6.07, 6.45) is 0.360. The molecule has 2 heterocycles. The molecule has 0 saturated carbocycles. The summed E-state index contributed by atoms with van der Waals surface area (Å²) in [5, 5.41) is 7.88. The van der Waals surface area contributed by atoms with Crippen molar-refractivity contribution in [2.45, 2.75) is 19.1 Å². The van der Waals surface area contributed by atoms with E-state index in [1.165, 1.54) is 0 Å². The minimum Gasteiger partial charge on any atom is -0.375 e. The Morgan fingerprint density at radius 2 is 2.33 bits per heavy atom. The average molecular weight is 308 g/mol. The number of morpholine rings is 1. The number of rotatable bonds is 4. The Bertz CT molecular complexity index is 635. The first-order valence-corrected chi connectivity index (χ1v) is 7.45. The van der Waals surface area contributed by atoms with Gasteiger partial charge in [0.25, 0.3) is 0 Å². The largest absolute Gasteiger partial charge is 0.375 e. The van der Waals surface area contributed by atoms with Gasteiger partial charge in [-0.25, -0.2) is 0 Å². The fourth-order valence-corrected chi connectivity index (χ4v) is 2.66. The van der Waals surface area contributed by atoms with Crippen molar-refractivity contribution < 1.29 is 9.53 Å². The third kappa shape index (κ3) is 3.75. The summed E-state index contributed by atoms with van der Waals surface area (Å²) >= 11 is 5.96. The first-order chi connectivity index (χ1) is 10.2. The summed E-state index contributed by atoms with van der Waals surface area (Å²) in [4.78, 5) is 15.2. The molecule has 0 unspecified atom stereocenters. The number of hydrogen-bond donors (Lipinski definition) is 3. The Labute approximate surface area is 128 Å². The van der Waals surface area contributed by atoms with Gasteiger partial charge >= 0.3 is 0 Å². The van der Waals surface area contributed by atoms with Crippen LogP contribution in [0, 0.1) is 0 Å². The number of carbonyl (C=O) groups is 1. The fraction of sp³-hybridized carbons (Fsp3) is 0.400. The number of amides is 1. The van der Waals surface area contributed by atoms with E-state index >= 15 is 0 Å². The van der Waals surface area contributed by atoms with Crippen LogP contribution in [-0.2, 0) is 16.1 Å². The molecule has 21 heavy (non-hydrogen) atoms. The number of aromatic amines is 1. The van der Waals surface area contributed by atoms with Crippen LogP contribution < -0.4 is 10.6 Å². The van der Waals surface area contributed by atoms with Crippen LogP contribution in [0.2, 0.25) is 5.02 Å². The molecule has 1 fully saturated rings. The van der Waals surface area contributed by atoms with Gasteiger partial charge < -0.3 is 20.4 Å². The van der Waals surface area contributed by atoms with E-state index in [0.29, 0.717) is 24.6 Å². The number of H-pyrrole nitrogens is 1. The van der Waals surface area contributed by atoms with Gasteiger partial charge in [-0.05, 0) is 24.3 Å². The van der Waals surface area contributed by atoms with Crippen LogP contribution in [0.15, 0.2) is 24.3 Å². The molecule has 6 heteroatoms. The van der Waals surface area contributed by atoms with E-state index in [9.17, 15) is 4.79 Å². The highest BCUT2D eigenvalue weighted by Gasteiger charge is 2.17. The molecule has 3 N–H and O–H groups in total. The lowest BCUT2D eigenvalue weighted by molar-refractivity contribution is -0.124. The quantitative estimate of drug-likeness (QED) is 0.807. The summed E-state index contributed by atoms with van der Waals surface area (Å²) in [6.45, 7) is 2.74. The predicted molar refractivity (Wildman–Crippen MR) is 82.4 cm³/mol. The van der Waals surface area contributed by atoms with Crippen molar-refractivity contribution in [1.82, 2.24) is 15.6 Å². The molecule has 1 amide bonds. The Balaban J connectivity index is 1.54. The van der Waals surface area contributed by atoms with Crippen molar-refractivity contribution in [1.29, 1.82) is 0 Å². The summed E-state index contributed by atoms with van der Waals surface area (Å²) in [5.41, 5.74) is 1.98. The number of nitrogens with one attached hydrogen (secondary N) is 3. The number of halogens is 1. The van der Waals surface area contributed by atoms with E-state index in [4.69, 9.17) is 16.3 Å². The first-order valence-electron chi connectivity index (χ1n) is 7.07.